The summed E-state index contributed by atoms with van der Waals surface area (Å²) in [6, 6.07) is 4.42. The van der Waals surface area contributed by atoms with E-state index < -0.39 is 18.3 Å². The summed E-state index contributed by atoms with van der Waals surface area (Å²) in [7, 11) is 0. The van der Waals surface area contributed by atoms with Crippen LogP contribution in [0.3, 0.4) is 0 Å². The van der Waals surface area contributed by atoms with E-state index in [9.17, 15) is 18.3 Å². The summed E-state index contributed by atoms with van der Waals surface area (Å²) in [6.45, 7) is 2.34. The summed E-state index contributed by atoms with van der Waals surface area (Å²) in [5, 5.41) is 9.68. The quantitative estimate of drug-likeness (QED) is 0.820. The molecule has 90 valence electrons. The lowest BCUT2D eigenvalue weighted by Gasteiger charge is -2.31. The maximum Gasteiger partial charge on any atom is 0.422 e. The van der Waals surface area contributed by atoms with Gasteiger partial charge in [0.1, 0.15) is 0 Å². The van der Waals surface area contributed by atoms with Gasteiger partial charge in [-0.05, 0) is 30.5 Å². The average Bonchev–Trinajstić information content (AvgIpc) is 2.19. The van der Waals surface area contributed by atoms with Gasteiger partial charge in [0.15, 0.2) is 5.60 Å². The first-order chi connectivity index (χ1) is 7.24. The molecule has 0 saturated heterocycles. The Bertz CT molecular complexity index is 389. The zero-order valence-electron chi connectivity index (χ0n) is 9.10. The molecule has 1 rings (SSSR count). The lowest BCUT2D eigenvalue weighted by Crippen LogP contribution is -2.48. The van der Waals surface area contributed by atoms with E-state index in [1.54, 1.807) is 13.0 Å². The second kappa shape index (κ2) is 4.07. The van der Waals surface area contributed by atoms with Crippen molar-refractivity contribution in [3.05, 3.63) is 34.9 Å². The van der Waals surface area contributed by atoms with E-state index in [0.29, 0.717) is 11.1 Å². The smallest absolute Gasteiger partial charge is 0.375 e. The van der Waals surface area contributed by atoms with Gasteiger partial charge in [0.2, 0.25) is 0 Å². The molecule has 3 N–H and O–H groups in total. The summed E-state index contributed by atoms with van der Waals surface area (Å²) < 4.78 is 38.3. The van der Waals surface area contributed by atoms with Crippen molar-refractivity contribution in [2.75, 3.05) is 6.54 Å². The second-order valence-electron chi connectivity index (χ2n) is 3.81. The molecule has 0 radical (unpaired) electrons. The summed E-state index contributed by atoms with van der Waals surface area (Å²) in [4.78, 5) is 0. The van der Waals surface area contributed by atoms with Gasteiger partial charge in [0, 0.05) is 6.54 Å². The normalized spacial score (nSPS) is 15.9. The van der Waals surface area contributed by atoms with Crippen molar-refractivity contribution < 1.29 is 18.3 Å². The Kier molecular flexibility index (Phi) is 3.30. The molecule has 1 atom stereocenters. The fourth-order valence-corrected chi connectivity index (χ4v) is 1.58. The van der Waals surface area contributed by atoms with Gasteiger partial charge in [-0.1, -0.05) is 18.2 Å². The number of rotatable bonds is 2. The molecule has 0 aliphatic carbocycles. The number of halogens is 3. The largest absolute Gasteiger partial charge is 0.422 e. The Morgan fingerprint density at radius 2 is 1.81 bits per heavy atom. The summed E-state index contributed by atoms with van der Waals surface area (Å²) in [5.41, 5.74) is 3.03. The van der Waals surface area contributed by atoms with Crippen molar-refractivity contribution in [1.29, 1.82) is 0 Å². The van der Waals surface area contributed by atoms with Crippen LogP contribution in [0.2, 0.25) is 0 Å². The molecule has 16 heavy (non-hydrogen) atoms. The standard InChI is InChI=1S/C11H14F3NO/c1-7-4-3-5-9(8(7)2)10(16,6-15)11(12,13)14/h3-5,16H,6,15H2,1-2H3. The number of aliphatic hydroxyl groups is 1. The monoisotopic (exact) mass is 233 g/mol. The summed E-state index contributed by atoms with van der Waals surface area (Å²) in [5.74, 6) is 0. The Hall–Kier alpha value is -1.07. The van der Waals surface area contributed by atoms with Crippen molar-refractivity contribution in [2.45, 2.75) is 25.6 Å². The number of alkyl halides is 3. The van der Waals surface area contributed by atoms with Gasteiger partial charge in [-0.2, -0.15) is 13.2 Å². The van der Waals surface area contributed by atoms with E-state index >= 15 is 0 Å². The van der Waals surface area contributed by atoms with Crippen LogP contribution in [0.1, 0.15) is 16.7 Å². The Labute approximate surface area is 91.9 Å². The highest BCUT2D eigenvalue weighted by molar-refractivity contribution is 5.38. The molecule has 1 aromatic rings. The molecule has 1 unspecified atom stereocenters. The highest BCUT2D eigenvalue weighted by Gasteiger charge is 2.54. The maximum atomic E-state index is 12.8. The van der Waals surface area contributed by atoms with Crippen molar-refractivity contribution in [1.82, 2.24) is 0 Å². The van der Waals surface area contributed by atoms with Gasteiger partial charge in [0.05, 0.1) is 0 Å². The molecule has 2 nitrogen and oxygen atoms in total. The van der Waals surface area contributed by atoms with Crippen LogP contribution in [-0.2, 0) is 5.60 Å². The number of nitrogens with two attached hydrogens (primary N) is 1. The fourth-order valence-electron chi connectivity index (χ4n) is 1.58. The van der Waals surface area contributed by atoms with E-state index in [4.69, 9.17) is 5.73 Å². The molecule has 0 heterocycles. The van der Waals surface area contributed by atoms with Crippen LogP contribution >= 0.6 is 0 Å². The Morgan fingerprint density at radius 3 is 2.25 bits per heavy atom. The molecule has 0 aromatic heterocycles. The Morgan fingerprint density at radius 1 is 1.25 bits per heavy atom. The lowest BCUT2D eigenvalue weighted by atomic mass is 9.88. The van der Waals surface area contributed by atoms with Gasteiger partial charge in [-0.25, -0.2) is 0 Å². The van der Waals surface area contributed by atoms with E-state index in [1.165, 1.54) is 19.1 Å². The number of hydrogen-bond donors (Lipinski definition) is 2. The predicted molar refractivity (Wildman–Crippen MR) is 54.9 cm³/mol. The molecule has 0 aliphatic heterocycles. The number of hydrogen-bond acceptors (Lipinski definition) is 2. The van der Waals surface area contributed by atoms with Crippen LogP contribution in [0.5, 0.6) is 0 Å². The molecule has 0 fully saturated rings. The molecule has 0 saturated carbocycles. The van der Waals surface area contributed by atoms with Gasteiger partial charge in [0.25, 0.3) is 0 Å². The third-order valence-electron chi connectivity index (χ3n) is 2.81. The average molecular weight is 233 g/mol. The highest BCUT2D eigenvalue weighted by atomic mass is 19.4. The minimum Gasteiger partial charge on any atom is -0.375 e. The first-order valence-corrected chi connectivity index (χ1v) is 4.80. The van der Waals surface area contributed by atoms with Crippen molar-refractivity contribution in [3.63, 3.8) is 0 Å². The molecule has 1 aromatic carbocycles. The van der Waals surface area contributed by atoms with E-state index in [2.05, 4.69) is 0 Å². The van der Waals surface area contributed by atoms with E-state index in [0.717, 1.165) is 0 Å². The molecule has 0 amide bonds. The van der Waals surface area contributed by atoms with E-state index in [1.807, 2.05) is 0 Å². The van der Waals surface area contributed by atoms with Gasteiger partial charge >= 0.3 is 6.18 Å². The zero-order valence-corrected chi connectivity index (χ0v) is 9.10. The van der Waals surface area contributed by atoms with Crippen molar-refractivity contribution >= 4 is 0 Å². The lowest BCUT2D eigenvalue weighted by molar-refractivity contribution is -0.262. The topological polar surface area (TPSA) is 46.2 Å². The maximum absolute atomic E-state index is 12.8. The first kappa shape index (κ1) is 13.0. The van der Waals surface area contributed by atoms with E-state index in [-0.39, 0.29) is 5.56 Å². The van der Waals surface area contributed by atoms with Crippen LogP contribution in [0.15, 0.2) is 18.2 Å². The van der Waals surface area contributed by atoms with Crippen LogP contribution in [-0.4, -0.2) is 17.8 Å². The number of aryl methyl sites for hydroxylation is 1. The minimum absolute atomic E-state index is 0.178. The zero-order chi connectivity index (χ0) is 12.6. The number of benzene rings is 1. The molecular formula is C11H14F3NO. The molecular weight excluding hydrogens is 219 g/mol. The minimum atomic E-state index is -4.78. The van der Waals surface area contributed by atoms with Crippen LogP contribution < -0.4 is 5.73 Å². The molecule has 0 spiro atoms. The van der Waals surface area contributed by atoms with Crippen molar-refractivity contribution in [3.8, 4) is 0 Å². The third-order valence-corrected chi connectivity index (χ3v) is 2.81. The van der Waals surface area contributed by atoms with Crippen molar-refractivity contribution in [2.24, 2.45) is 5.73 Å². The van der Waals surface area contributed by atoms with Crippen LogP contribution in [0.4, 0.5) is 13.2 Å². The SMILES string of the molecule is Cc1cccc(C(O)(CN)C(F)(F)F)c1C. The highest BCUT2D eigenvalue weighted by Crippen LogP contribution is 2.39. The van der Waals surface area contributed by atoms with Crippen LogP contribution in [0, 0.1) is 13.8 Å². The van der Waals surface area contributed by atoms with Crippen LogP contribution in [0.25, 0.3) is 0 Å². The Balaban J connectivity index is 3.40. The van der Waals surface area contributed by atoms with Gasteiger partial charge < -0.3 is 10.8 Å². The fraction of sp³-hybridized carbons (Fsp3) is 0.455. The second-order valence-corrected chi connectivity index (χ2v) is 3.81. The van der Waals surface area contributed by atoms with Gasteiger partial charge in [-0.3, -0.25) is 0 Å². The summed E-state index contributed by atoms with van der Waals surface area (Å²) in [6.07, 6.45) is -4.78. The molecule has 0 bridgehead atoms. The summed E-state index contributed by atoms with van der Waals surface area (Å²) >= 11 is 0. The molecule has 0 aliphatic rings. The first-order valence-electron chi connectivity index (χ1n) is 4.80. The third kappa shape index (κ3) is 1.92. The van der Waals surface area contributed by atoms with Gasteiger partial charge in [-0.15, -0.1) is 0 Å². The predicted octanol–water partition coefficient (Wildman–Crippen LogP) is 2.01. The molecule has 5 heteroatoms.